The zero-order chi connectivity index (χ0) is 18.4. The molecule has 140 valence electrons. The fraction of sp³-hybridized carbons (Fsp3) is 0.450. The van der Waals surface area contributed by atoms with Gasteiger partial charge in [-0.2, -0.15) is 0 Å². The molecule has 0 atom stereocenters. The maximum absolute atomic E-state index is 14.4. The standard InChI is InChI=1S/C20H26FN3O2/c1-25-19-12-16(18(21)13-20(19)26-2)14-23-8-5-9-24(11-10-23)15-17-6-3-4-7-22-17/h3-4,6-7,12-13H,5,8-11,14-15H2,1-2H3. The number of nitrogens with zero attached hydrogens (tertiary/aromatic N) is 3. The quantitative estimate of drug-likeness (QED) is 0.793. The maximum atomic E-state index is 14.4. The molecule has 0 radical (unpaired) electrons. The summed E-state index contributed by atoms with van der Waals surface area (Å²) in [7, 11) is 3.09. The summed E-state index contributed by atoms with van der Waals surface area (Å²) in [4.78, 5) is 9.11. The molecule has 2 aromatic rings. The number of hydrogen-bond acceptors (Lipinski definition) is 5. The number of ether oxygens (including phenoxy) is 2. The Kier molecular flexibility index (Phi) is 6.41. The summed E-state index contributed by atoms with van der Waals surface area (Å²) in [6, 6.07) is 9.16. The molecule has 26 heavy (non-hydrogen) atoms. The highest BCUT2D eigenvalue weighted by atomic mass is 19.1. The molecule has 1 saturated heterocycles. The first-order valence-corrected chi connectivity index (χ1v) is 8.94. The van der Waals surface area contributed by atoms with E-state index in [0.717, 1.165) is 44.8 Å². The van der Waals surface area contributed by atoms with Gasteiger partial charge in [0.2, 0.25) is 0 Å². The summed E-state index contributed by atoms with van der Waals surface area (Å²) in [5.74, 6) is 0.735. The van der Waals surface area contributed by atoms with E-state index >= 15 is 0 Å². The molecule has 2 heterocycles. The topological polar surface area (TPSA) is 37.8 Å². The van der Waals surface area contributed by atoms with E-state index < -0.39 is 0 Å². The molecule has 1 aliphatic heterocycles. The lowest BCUT2D eigenvalue weighted by molar-refractivity contribution is 0.243. The molecule has 1 fully saturated rings. The molecule has 1 aliphatic rings. The van der Waals surface area contributed by atoms with Crippen LogP contribution in [0.5, 0.6) is 11.5 Å². The predicted molar refractivity (Wildman–Crippen MR) is 98.9 cm³/mol. The molecule has 0 bridgehead atoms. The molecule has 0 N–H and O–H groups in total. The summed E-state index contributed by atoms with van der Waals surface area (Å²) in [5, 5.41) is 0. The van der Waals surface area contributed by atoms with Gasteiger partial charge >= 0.3 is 0 Å². The van der Waals surface area contributed by atoms with Gasteiger partial charge in [0.05, 0.1) is 19.9 Å². The van der Waals surface area contributed by atoms with E-state index in [0.29, 0.717) is 23.6 Å². The molecule has 0 saturated carbocycles. The lowest BCUT2D eigenvalue weighted by Gasteiger charge is -2.22. The lowest BCUT2D eigenvalue weighted by Crippen LogP contribution is -2.30. The van der Waals surface area contributed by atoms with Crippen molar-refractivity contribution in [3.05, 3.63) is 53.6 Å². The van der Waals surface area contributed by atoms with Crippen molar-refractivity contribution in [2.45, 2.75) is 19.5 Å². The summed E-state index contributed by atoms with van der Waals surface area (Å²) in [6.07, 6.45) is 2.89. The average molecular weight is 359 g/mol. The van der Waals surface area contributed by atoms with Crippen molar-refractivity contribution in [2.75, 3.05) is 40.4 Å². The van der Waals surface area contributed by atoms with Gasteiger partial charge in [0, 0.05) is 44.0 Å². The second kappa shape index (κ2) is 8.96. The van der Waals surface area contributed by atoms with Gasteiger partial charge in [0.15, 0.2) is 11.5 Å². The molecule has 1 aromatic carbocycles. The Labute approximate surface area is 154 Å². The van der Waals surface area contributed by atoms with Gasteiger partial charge in [-0.3, -0.25) is 14.8 Å². The Morgan fingerprint density at radius 3 is 2.31 bits per heavy atom. The van der Waals surface area contributed by atoms with Crippen LogP contribution in [0.25, 0.3) is 0 Å². The molecular weight excluding hydrogens is 333 g/mol. The van der Waals surface area contributed by atoms with Crippen molar-refractivity contribution in [3.63, 3.8) is 0 Å². The number of rotatable bonds is 6. The van der Waals surface area contributed by atoms with Gasteiger partial charge in [-0.05, 0) is 37.7 Å². The number of hydrogen-bond donors (Lipinski definition) is 0. The zero-order valence-electron chi connectivity index (χ0n) is 15.4. The number of halogens is 1. The Morgan fingerprint density at radius 1 is 0.962 bits per heavy atom. The lowest BCUT2D eigenvalue weighted by atomic mass is 10.1. The number of aromatic nitrogens is 1. The Hall–Kier alpha value is -2.18. The minimum atomic E-state index is -0.253. The predicted octanol–water partition coefficient (Wildman–Crippen LogP) is 2.95. The van der Waals surface area contributed by atoms with Crippen molar-refractivity contribution in [3.8, 4) is 11.5 Å². The Morgan fingerprint density at radius 2 is 1.65 bits per heavy atom. The van der Waals surface area contributed by atoms with Gasteiger partial charge in [-0.1, -0.05) is 6.07 Å². The van der Waals surface area contributed by atoms with E-state index in [1.807, 2.05) is 18.3 Å². The molecule has 0 spiro atoms. The van der Waals surface area contributed by atoms with Crippen LogP contribution in [0.3, 0.4) is 0 Å². The number of methoxy groups -OCH3 is 2. The van der Waals surface area contributed by atoms with Gasteiger partial charge in [0.25, 0.3) is 0 Å². The first-order chi connectivity index (χ1) is 12.7. The van der Waals surface area contributed by atoms with E-state index in [2.05, 4.69) is 20.9 Å². The molecule has 1 aromatic heterocycles. The third kappa shape index (κ3) is 4.71. The zero-order valence-corrected chi connectivity index (χ0v) is 15.4. The first-order valence-electron chi connectivity index (χ1n) is 8.94. The molecule has 0 amide bonds. The van der Waals surface area contributed by atoms with Crippen molar-refractivity contribution < 1.29 is 13.9 Å². The summed E-state index contributed by atoms with van der Waals surface area (Å²) < 4.78 is 24.9. The Bertz CT molecular complexity index is 712. The molecule has 5 nitrogen and oxygen atoms in total. The molecule has 0 unspecified atom stereocenters. The minimum Gasteiger partial charge on any atom is -0.493 e. The van der Waals surface area contributed by atoms with Gasteiger partial charge in [0.1, 0.15) is 5.82 Å². The first kappa shape index (κ1) is 18.6. The van der Waals surface area contributed by atoms with E-state index in [1.165, 1.54) is 13.2 Å². The van der Waals surface area contributed by atoms with Crippen molar-refractivity contribution >= 4 is 0 Å². The van der Waals surface area contributed by atoms with Gasteiger partial charge in [-0.25, -0.2) is 4.39 Å². The van der Waals surface area contributed by atoms with Crippen LogP contribution in [0.15, 0.2) is 36.5 Å². The molecule has 6 heteroatoms. The highest BCUT2D eigenvalue weighted by molar-refractivity contribution is 5.43. The fourth-order valence-corrected chi connectivity index (χ4v) is 3.32. The normalized spacial score (nSPS) is 16.3. The Balaban J connectivity index is 1.61. The van der Waals surface area contributed by atoms with Crippen molar-refractivity contribution in [1.29, 1.82) is 0 Å². The summed E-state index contributed by atoms with van der Waals surface area (Å²) >= 11 is 0. The SMILES string of the molecule is COc1cc(F)c(CN2CCCN(Cc3ccccn3)CC2)cc1OC. The van der Waals surface area contributed by atoms with Crippen LogP contribution < -0.4 is 9.47 Å². The highest BCUT2D eigenvalue weighted by Crippen LogP contribution is 2.30. The third-order valence-corrected chi connectivity index (χ3v) is 4.74. The van der Waals surface area contributed by atoms with Gasteiger partial charge < -0.3 is 9.47 Å². The van der Waals surface area contributed by atoms with Crippen LogP contribution >= 0.6 is 0 Å². The second-order valence-electron chi connectivity index (χ2n) is 6.53. The fourth-order valence-electron chi connectivity index (χ4n) is 3.32. The van der Waals surface area contributed by atoms with Crippen LogP contribution in [-0.2, 0) is 13.1 Å². The highest BCUT2D eigenvalue weighted by Gasteiger charge is 2.18. The van der Waals surface area contributed by atoms with E-state index in [-0.39, 0.29) is 5.82 Å². The molecular formula is C20H26FN3O2. The van der Waals surface area contributed by atoms with E-state index in [4.69, 9.17) is 9.47 Å². The smallest absolute Gasteiger partial charge is 0.163 e. The molecule has 0 aliphatic carbocycles. The summed E-state index contributed by atoms with van der Waals surface area (Å²) in [5.41, 5.74) is 1.73. The average Bonchev–Trinajstić information content (AvgIpc) is 2.89. The number of pyridine rings is 1. The van der Waals surface area contributed by atoms with E-state index in [1.54, 1.807) is 13.2 Å². The maximum Gasteiger partial charge on any atom is 0.163 e. The second-order valence-corrected chi connectivity index (χ2v) is 6.53. The van der Waals surface area contributed by atoms with Gasteiger partial charge in [-0.15, -0.1) is 0 Å². The van der Waals surface area contributed by atoms with Crippen LogP contribution in [0, 0.1) is 5.82 Å². The van der Waals surface area contributed by atoms with Crippen LogP contribution in [-0.4, -0.2) is 55.2 Å². The minimum absolute atomic E-state index is 0.253. The largest absolute Gasteiger partial charge is 0.493 e. The van der Waals surface area contributed by atoms with Crippen molar-refractivity contribution in [2.24, 2.45) is 0 Å². The van der Waals surface area contributed by atoms with Crippen LogP contribution in [0.4, 0.5) is 4.39 Å². The third-order valence-electron chi connectivity index (χ3n) is 4.74. The van der Waals surface area contributed by atoms with Crippen LogP contribution in [0.2, 0.25) is 0 Å². The van der Waals surface area contributed by atoms with Crippen LogP contribution in [0.1, 0.15) is 17.7 Å². The number of benzene rings is 1. The molecule has 3 rings (SSSR count). The summed E-state index contributed by atoms with van der Waals surface area (Å²) in [6.45, 7) is 5.27. The van der Waals surface area contributed by atoms with Crippen molar-refractivity contribution in [1.82, 2.24) is 14.8 Å². The van der Waals surface area contributed by atoms with E-state index in [9.17, 15) is 4.39 Å². The monoisotopic (exact) mass is 359 g/mol.